The minimum Gasteiger partial charge on any atom is -0.311 e. The third-order valence-corrected chi connectivity index (χ3v) is 11.9. The van der Waals surface area contributed by atoms with E-state index >= 15 is 0 Å². The lowest BCUT2D eigenvalue weighted by Gasteiger charge is -2.34. The molecule has 0 aliphatic carbocycles. The summed E-state index contributed by atoms with van der Waals surface area (Å²) in [7, 11) is -1.82. The van der Waals surface area contributed by atoms with Crippen LogP contribution in [0.1, 0.15) is 55.3 Å². The Kier molecular flexibility index (Phi) is 8.39. The number of rotatable bonds is 7. The molecule has 44 heavy (non-hydrogen) atoms. The lowest BCUT2D eigenvalue weighted by atomic mass is 9.95. The van der Waals surface area contributed by atoms with Crippen molar-refractivity contribution < 1.29 is 13.2 Å². The van der Waals surface area contributed by atoms with Gasteiger partial charge in [0.15, 0.2) is 5.78 Å². The molecule has 0 atom stereocenters. The Balaban J connectivity index is 1.35. The van der Waals surface area contributed by atoms with Crippen molar-refractivity contribution in [3.8, 4) is 11.4 Å². The van der Waals surface area contributed by atoms with Gasteiger partial charge in [0, 0.05) is 50.2 Å². The minimum absolute atomic E-state index is 0.0471. The zero-order valence-electron chi connectivity index (χ0n) is 27.3. The van der Waals surface area contributed by atoms with E-state index in [4.69, 9.17) is 0 Å². The van der Waals surface area contributed by atoms with Gasteiger partial charge in [-0.1, -0.05) is 18.2 Å². The van der Waals surface area contributed by atoms with Crippen LogP contribution in [-0.2, 0) is 17.1 Å². The van der Waals surface area contributed by atoms with Crippen LogP contribution in [0.4, 0.5) is 0 Å². The standard InChI is InChI=1S/C34H43N5O4S/c1-21-19-30(27(7)38(21)32-28(8)35(9)39(34(32)41)29-13-11-10-12-14-29)31(40)20-36-15-17-37(18-16-36)44(42,43)33-25(5)23(3)22(2)24(4)26(33)6/h10-14,19H,15-18,20H2,1-9H3. The van der Waals surface area contributed by atoms with Gasteiger partial charge < -0.3 is 4.57 Å². The molecular weight excluding hydrogens is 574 g/mol. The molecule has 5 rings (SSSR count). The van der Waals surface area contributed by atoms with Gasteiger partial charge in [-0.15, -0.1) is 0 Å². The van der Waals surface area contributed by atoms with Crippen LogP contribution in [0.3, 0.4) is 0 Å². The fourth-order valence-electron chi connectivity index (χ4n) is 6.60. The Morgan fingerprint density at radius 1 is 0.773 bits per heavy atom. The largest absolute Gasteiger partial charge is 0.311 e. The zero-order chi connectivity index (χ0) is 32.2. The Morgan fingerprint density at radius 2 is 1.32 bits per heavy atom. The van der Waals surface area contributed by atoms with Crippen molar-refractivity contribution in [2.24, 2.45) is 7.05 Å². The predicted octanol–water partition coefficient (Wildman–Crippen LogP) is 4.62. The normalized spacial score (nSPS) is 14.8. The molecule has 2 aromatic carbocycles. The number of para-hydroxylation sites is 1. The van der Waals surface area contributed by atoms with Crippen molar-refractivity contribution in [1.29, 1.82) is 0 Å². The third kappa shape index (κ3) is 5.08. The Hall–Kier alpha value is -3.73. The fourth-order valence-corrected chi connectivity index (χ4v) is 8.58. The Bertz CT molecular complexity index is 1910. The monoisotopic (exact) mass is 617 g/mol. The van der Waals surface area contributed by atoms with Crippen LogP contribution >= 0.6 is 0 Å². The first-order valence-electron chi connectivity index (χ1n) is 15.0. The molecule has 0 spiro atoms. The maximum atomic E-state index is 13.8. The second-order valence-corrected chi connectivity index (χ2v) is 14.0. The molecule has 1 saturated heterocycles. The first-order chi connectivity index (χ1) is 20.7. The van der Waals surface area contributed by atoms with Crippen LogP contribution in [0.5, 0.6) is 0 Å². The van der Waals surface area contributed by atoms with E-state index < -0.39 is 10.0 Å². The van der Waals surface area contributed by atoms with Crippen LogP contribution in [-0.4, -0.2) is 70.1 Å². The average molecular weight is 618 g/mol. The molecule has 234 valence electrons. The molecule has 3 heterocycles. The number of hydrogen-bond donors (Lipinski definition) is 0. The molecule has 1 aliphatic rings. The predicted molar refractivity (Wildman–Crippen MR) is 174 cm³/mol. The summed E-state index contributed by atoms with van der Waals surface area (Å²) in [6, 6.07) is 11.3. The van der Waals surface area contributed by atoms with E-state index in [2.05, 4.69) is 0 Å². The van der Waals surface area contributed by atoms with Crippen LogP contribution in [0, 0.1) is 55.4 Å². The van der Waals surface area contributed by atoms with Crippen LogP contribution in [0.25, 0.3) is 11.4 Å². The van der Waals surface area contributed by atoms with E-state index in [-0.39, 0.29) is 17.9 Å². The molecule has 1 aliphatic heterocycles. The average Bonchev–Trinajstić information content (AvgIpc) is 3.40. The quantitative estimate of drug-likeness (QED) is 0.283. The molecule has 2 aromatic heterocycles. The zero-order valence-corrected chi connectivity index (χ0v) is 28.1. The molecule has 0 amide bonds. The number of sulfonamides is 1. The van der Waals surface area contributed by atoms with Crippen molar-refractivity contribution in [3.63, 3.8) is 0 Å². The van der Waals surface area contributed by atoms with E-state index in [0.29, 0.717) is 42.3 Å². The summed E-state index contributed by atoms with van der Waals surface area (Å²) in [6.45, 7) is 17.2. The van der Waals surface area contributed by atoms with Gasteiger partial charge in [-0.3, -0.25) is 19.2 Å². The fraction of sp³-hybridized carbons (Fsp3) is 0.412. The van der Waals surface area contributed by atoms with E-state index in [1.54, 1.807) is 8.99 Å². The minimum atomic E-state index is -3.67. The highest BCUT2D eigenvalue weighted by Crippen LogP contribution is 2.32. The second-order valence-electron chi connectivity index (χ2n) is 12.1. The number of aryl methyl sites for hydroxylation is 1. The van der Waals surface area contributed by atoms with Gasteiger partial charge in [0.05, 0.1) is 22.8 Å². The third-order valence-electron chi connectivity index (χ3n) is 9.71. The maximum Gasteiger partial charge on any atom is 0.295 e. The number of piperazine rings is 1. The molecule has 0 N–H and O–H groups in total. The highest BCUT2D eigenvalue weighted by molar-refractivity contribution is 7.89. The van der Waals surface area contributed by atoms with Crippen molar-refractivity contribution in [2.45, 2.75) is 60.3 Å². The molecule has 1 fully saturated rings. The van der Waals surface area contributed by atoms with Crippen molar-refractivity contribution in [2.75, 3.05) is 32.7 Å². The van der Waals surface area contributed by atoms with Crippen LogP contribution in [0.15, 0.2) is 46.1 Å². The number of nitrogens with zero attached hydrogens (tertiary/aromatic N) is 5. The number of ketones is 1. The van der Waals surface area contributed by atoms with E-state index in [1.165, 1.54) is 0 Å². The van der Waals surface area contributed by atoms with E-state index in [9.17, 15) is 18.0 Å². The highest BCUT2D eigenvalue weighted by Gasteiger charge is 2.33. The van der Waals surface area contributed by atoms with Gasteiger partial charge in [0.2, 0.25) is 10.0 Å². The smallest absolute Gasteiger partial charge is 0.295 e. The molecule has 10 heteroatoms. The molecule has 0 bridgehead atoms. The van der Waals surface area contributed by atoms with Gasteiger partial charge in [-0.2, -0.15) is 4.31 Å². The number of carbonyl (C=O) groups excluding carboxylic acids is 1. The molecule has 9 nitrogen and oxygen atoms in total. The van der Waals surface area contributed by atoms with Crippen LogP contribution in [0.2, 0.25) is 0 Å². The van der Waals surface area contributed by atoms with Crippen molar-refractivity contribution in [3.05, 3.63) is 97.2 Å². The van der Waals surface area contributed by atoms with E-state index in [1.807, 2.05) is 113 Å². The summed E-state index contributed by atoms with van der Waals surface area (Å²) in [5.41, 5.74) is 8.80. The first kappa shape index (κ1) is 31.7. The van der Waals surface area contributed by atoms with Crippen molar-refractivity contribution in [1.82, 2.24) is 23.1 Å². The highest BCUT2D eigenvalue weighted by atomic mass is 32.2. The lowest BCUT2D eigenvalue weighted by molar-refractivity contribution is 0.0901. The summed E-state index contributed by atoms with van der Waals surface area (Å²) in [4.78, 5) is 29.7. The maximum absolute atomic E-state index is 13.8. The van der Waals surface area contributed by atoms with Gasteiger partial charge in [-0.25, -0.2) is 13.1 Å². The molecular formula is C34H43N5O4S. The topological polar surface area (TPSA) is 89.6 Å². The van der Waals surface area contributed by atoms with Crippen molar-refractivity contribution >= 4 is 15.8 Å². The van der Waals surface area contributed by atoms with Gasteiger partial charge in [-0.05, 0) is 101 Å². The lowest BCUT2D eigenvalue weighted by Crippen LogP contribution is -2.50. The van der Waals surface area contributed by atoms with Gasteiger partial charge in [0.25, 0.3) is 5.56 Å². The first-order valence-corrected chi connectivity index (χ1v) is 16.5. The van der Waals surface area contributed by atoms with Crippen LogP contribution < -0.4 is 5.56 Å². The number of Topliss-reactive ketones (excluding diaryl/α,β-unsaturated/α-hetero) is 1. The Labute approximate surface area is 260 Å². The molecule has 0 unspecified atom stereocenters. The number of aromatic nitrogens is 3. The SMILES string of the molecule is Cc1c(C)c(C)c(S(=O)(=O)N2CCN(CC(=O)c3cc(C)n(-c4c(C)n(C)n(-c5ccccc5)c4=O)c3C)CC2)c(C)c1C. The Morgan fingerprint density at radius 3 is 1.89 bits per heavy atom. The summed E-state index contributed by atoms with van der Waals surface area (Å²) in [5.74, 6) is -0.0471. The molecule has 0 radical (unpaired) electrons. The van der Waals surface area contributed by atoms with Gasteiger partial charge >= 0.3 is 0 Å². The number of carbonyl (C=O) groups is 1. The van der Waals surface area contributed by atoms with E-state index in [0.717, 1.165) is 50.6 Å². The number of benzene rings is 2. The summed E-state index contributed by atoms with van der Waals surface area (Å²) < 4.78 is 34.5. The van der Waals surface area contributed by atoms with Gasteiger partial charge in [0.1, 0.15) is 5.69 Å². The molecule has 0 saturated carbocycles. The summed E-state index contributed by atoms with van der Waals surface area (Å²) >= 11 is 0. The number of hydrogen-bond acceptors (Lipinski definition) is 5. The summed E-state index contributed by atoms with van der Waals surface area (Å²) in [5, 5.41) is 0. The summed E-state index contributed by atoms with van der Waals surface area (Å²) in [6.07, 6.45) is 0. The second kappa shape index (κ2) is 11.6. The molecule has 4 aromatic rings.